The Labute approximate surface area is 259 Å². The normalized spacial score (nSPS) is 14.1. The lowest BCUT2D eigenvalue weighted by molar-refractivity contribution is 0.467. The van der Waals surface area contributed by atoms with Crippen LogP contribution in [-0.2, 0) is 11.8 Å². The van der Waals surface area contributed by atoms with Gasteiger partial charge in [0.1, 0.15) is 23.0 Å². The van der Waals surface area contributed by atoms with E-state index in [1.165, 1.54) is 21.5 Å². The highest BCUT2D eigenvalue weighted by molar-refractivity contribution is 8.26. The zero-order valence-corrected chi connectivity index (χ0v) is 25.2. The molecule has 0 atom stereocenters. The summed E-state index contributed by atoms with van der Waals surface area (Å²) in [4.78, 5) is 0. The SMILES string of the molecule is S=P12c3c(cc(-c4cc5ccccc5c5ccccc45)cc3Oc3ccc4ccccc4c31)Oc1ccc3ccccc3c12. The fraction of sp³-hybridized carbons (Fsp3) is 0. The molecule has 0 spiro atoms. The van der Waals surface area contributed by atoms with Gasteiger partial charge in [-0.25, -0.2) is 0 Å². The van der Waals surface area contributed by atoms with Crippen LogP contribution < -0.4 is 25.4 Å². The Bertz CT molecular complexity index is 2490. The zero-order chi connectivity index (χ0) is 29.0. The average Bonchev–Trinajstić information content (AvgIpc) is 3.07. The molecule has 44 heavy (non-hydrogen) atoms. The van der Waals surface area contributed by atoms with E-state index in [2.05, 4.69) is 140 Å². The summed E-state index contributed by atoms with van der Waals surface area (Å²) in [5.74, 6) is 3.26. The molecule has 0 fully saturated rings. The fourth-order valence-electron chi connectivity index (χ4n) is 7.35. The molecular formula is C40H23O2PS. The van der Waals surface area contributed by atoms with Crippen molar-refractivity contribution >= 4 is 76.8 Å². The molecule has 8 aromatic rings. The third kappa shape index (κ3) is 3.18. The highest BCUT2D eigenvalue weighted by Crippen LogP contribution is 2.61. The van der Waals surface area contributed by atoms with Crippen molar-refractivity contribution in [3.05, 3.63) is 140 Å². The lowest BCUT2D eigenvalue weighted by atomic mass is 9.93. The van der Waals surface area contributed by atoms with E-state index in [0.29, 0.717) is 0 Å². The van der Waals surface area contributed by atoms with E-state index in [4.69, 9.17) is 21.3 Å². The fourth-order valence-corrected chi connectivity index (χ4v) is 12.5. The highest BCUT2D eigenvalue weighted by atomic mass is 32.4. The molecule has 2 heterocycles. The van der Waals surface area contributed by atoms with Crippen LogP contribution in [0.5, 0.6) is 23.0 Å². The molecule has 0 saturated heterocycles. The summed E-state index contributed by atoms with van der Waals surface area (Å²) < 4.78 is 13.7. The summed E-state index contributed by atoms with van der Waals surface area (Å²) in [6.07, 6.45) is 0. The van der Waals surface area contributed by atoms with Crippen molar-refractivity contribution in [1.29, 1.82) is 0 Å². The van der Waals surface area contributed by atoms with Gasteiger partial charge in [0.25, 0.3) is 0 Å². The molecule has 2 aliphatic heterocycles. The largest absolute Gasteiger partial charge is 0.456 e. The first-order valence-electron chi connectivity index (χ1n) is 14.8. The van der Waals surface area contributed by atoms with E-state index >= 15 is 0 Å². The Morgan fingerprint density at radius 2 is 0.864 bits per heavy atom. The minimum absolute atomic E-state index is 0.791. The highest BCUT2D eigenvalue weighted by Gasteiger charge is 2.44. The van der Waals surface area contributed by atoms with Gasteiger partial charge in [0.2, 0.25) is 0 Å². The van der Waals surface area contributed by atoms with Crippen LogP contribution in [-0.4, -0.2) is 0 Å². The van der Waals surface area contributed by atoms with E-state index in [-0.39, 0.29) is 0 Å². The molecule has 0 radical (unpaired) electrons. The van der Waals surface area contributed by atoms with Gasteiger partial charge in [-0.1, -0.05) is 121 Å². The van der Waals surface area contributed by atoms with Gasteiger partial charge < -0.3 is 9.47 Å². The van der Waals surface area contributed by atoms with Crippen LogP contribution in [0.25, 0.3) is 54.2 Å². The number of ether oxygens (including phenoxy) is 2. The third-order valence-corrected chi connectivity index (χ3v) is 14.1. The molecule has 0 unspecified atom stereocenters. The van der Waals surface area contributed by atoms with Gasteiger partial charge in [0, 0.05) is 10.6 Å². The summed E-state index contributed by atoms with van der Waals surface area (Å²) in [5.41, 5.74) is 2.20. The van der Waals surface area contributed by atoms with Gasteiger partial charge in [-0.2, -0.15) is 0 Å². The first kappa shape index (κ1) is 24.5. The second kappa shape index (κ2) is 8.80. The molecule has 2 aliphatic rings. The van der Waals surface area contributed by atoms with Crippen molar-refractivity contribution in [3.63, 3.8) is 0 Å². The summed E-state index contributed by atoms with van der Waals surface area (Å²) in [7, 11) is 0. The van der Waals surface area contributed by atoms with Crippen molar-refractivity contribution in [2.24, 2.45) is 0 Å². The summed E-state index contributed by atoms with van der Waals surface area (Å²) in [5, 5.41) is 12.7. The lowest BCUT2D eigenvalue weighted by Crippen LogP contribution is -2.35. The standard InChI is InChI=1S/C40H23O2PS/c44-43-38-29-13-5-1-9-24(29)17-19-34(38)41-36-22-27(33-21-26-11-3-4-12-28(26)31-15-7-8-16-32(31)33)23-37(40(36)43)42-35-20-18-25-10-2-6-14-30(25)39(35)43/h1-23H. The number of rotatable bonds is 1. The minimum atomic E-state index is -2.62. The lowest BCUT2D eigenvalue weighted by Gasteiger charge is -2.39. The van der Waals surface area contributed by atoms with Crippen LogP contribution in [0.15, 0.2) is 140 Å². The van der Waals surface area contributed by atoms with Gasteiger partial charge >= 0.3 is 0 Å². The van der Waals surface area contributed by atoms with Gasteiger partial charge in [-0.05, 0) is 84.5 Å². The Kier molecular flexibility index (Phi) is 4.90. The smallest absolute Gasteiger partial charge is 0.140 e. The molecule has 0 saturated carbocycles. The Morgan fingerprint density at radius 1 is 0.386 bits per heavy atom. The molecule has 10 rings (SSSR count). The van der Waals surface area contributed by atoms with Gasteiger partial charge in [-0.15, -0.1) is 0 Å². The third-order valence-electron chi connectivity index (χ3n) is 9.23. The molecule has 0 amide bonds. The number of benzene rings is 8. The first-order chi connectivity index (χ1) is 21.7. The second-order valence-corrected chi connectivity index (χ2v) is 15.8. The van der Waals surface area contributed by atoms with Crippen LogP contribution >= 0.6 is 6.04 Å². The van der Waals surface area contributed by atoms with Crippen molar-refractivity contribution in [2.75, 3.05) is 0 Å². The molecular weight excluding hydrogens is 575 g/mol. The van der Waals surface area contributed by atoms with Crippen LogP contribution in [0.1, 0.15) is 0 Å². The minimum Gasteiger partial charge on any atom is -0.456 e. The monoisotopic (exact) mass is 598 g/mol. The number of fused-ring (bicyclic) bond motifs is 11. The number of hydrogen-bond donors (Lipinski definition) is 0. The van der Waals surface area contributed by atoms with E-state index in [9.17, 15) is 0 Å². The Hall–Kier alpha value is -4.95. The van der Waals surface area contributed by atoms with Crippen LogP contribution in [0.2, 0.25) is 0 Å². The average molecular weight is 599 g/mol. The predicted molar refractivity (Wildman–Crippen MR) is 188 cm³/mol. The molecule has 0 aromatic heterocycles. The molecule has 0 aliphatic carbocycles. The van der Waals surface area contributed by atoms with E-state index in [0.717, 1.165) is 71.6 Å². The maximum Gasteiger partial charge on any atom is 0.140 e. The molecule has 4 heteroatoms. The molecule has 0 N–H and O–H groups in total. The summed E-state index contributed by atoms with van der Waals surface area (Å²) in [6, 6.07) is 46.8. The first-order valence-corrected chi connectivity index (χ1v) is 17.6. The maximum absolute atomic E-state index is 7.06. The van der Waals surface area contributed by atoms with E-state index in [1.807, 2.05) is 0 Å². The van der Waals surface area contributed by atoms with E-state index in [1.54, 1.807) is 0 Å². The summed E-state index contributed by atoms with van der Waals surface area (Å²) in [6.45, 7) is 0. The topological polar surface area (TPSA) is 18.5 Å². The van der Waals surface area contributed by atoms with Gasteiger partial charge in [0.15, 0.2) is 0 Å². The summed E-state index contributed by atoms with van der Waals surface area (Å²) >= 11 is 7.06. The zero-order valence-electron chi connectivity index (χ0n) is 23.5. The van der Waals surface area contributed by atoms with Gasteiger partial charge in [0.05, 0.1) is 11.3 Å². The predicted octanol–water partition coefficient (Wildman–Crippen LogP) is 9.93. The van der Waals surface area contributed by atoms with Crippen molar-refractivity contribution < 1.29 is 9.47 Å². The Balaban J connectivity index is 1.33. The van der Waals surface area contributed by atoms with Gasteiger partial charge in [-0.3, -0.25) is 0 Å². The molecule has 0 bridgehead atoms. The quantitative estimate of drug-likeness (QED) is 0.138. The van der Waals surface area contributed by atoms with Crippen molar-refractivity contribution in [1.82, 2.24) is 0 Å². The maximum atomic E-state index is 7.06. The van der Waals surface area contributed by atoms with Crippen LogP contribution in [0.3, 0.4) is 0 Å². The Morgan fingerprint density at radius 3 is 1.45 bits per heavy atom. The van der Waals surface area contributed by atoms with Crippen LogP contribution in [0, 0.1) is 0 Å². The molecule has 2 nitrogen and oxygen atoms in total. The van der Waals surface area contributed by atoms with Crippen molar-refractivity contribution in [3.8, 4) is 34.1 Å². The number of hydrogen-bond acceptors (Lipinski definition) is 3. The second-order valence-electron chi connectivity index (χ2n) is 11.6. The van der Waals surface area contributed by atoms with E-state index < -0.39 is 6.04 Å². The van der Waals surface area contributed by atoms with Crippen molar-refractivity contribution in [2.45, 2.75) is 0 Å². The molecule has 8 aromatic carbocycles. The molecule has 206 valence electrons. The van der Waals surface area contributed by atoms with Crippen LogP contribution in [0.4, 0.5) is 0 Å².